The minimum Gasteiger partial charge on any atom is -0.340 e. The van der Waals surface area contributed by atoms with Crippen LogP contribution in [0.25, 0.3) is 44.9 Å². The number of rotatable bonds is 5. The maximum absolute atomic E-state index is 14.4. The normalized spacial score (nSPS) is 12.2. The van der Waals surface area contributed by atoms with Crippen molar-refractivity contribution in [2.75, 3.05) is 5.32 Å². The van der Waals surface area contributed by atoms with E-state index in [9.17, 15) is 30.7 Å². The van der Waals surface area contributed by atoms with Crippen LogP contribution >= 0.6 is 0 Å². The Kier molecular flexibility index (Phi) is 6.90. The van der Waals surface area contributed by atoms with Crippen molar-refractivity contribution in [2.24, 2.45) is 7.05 Å². The third-order valence-corrected chi connectivity index (χ3v) is 7.10. The first kappa shape index (κ1) is 28.9. The molecule has 0 aliphatic heterocycles. The van der Waals surface area contributed by atoms with Crippen LogP contribution in [-0.2, 0) is 19.4 Å². The Hall–Kier alpha value is -5.20. The summed E-state index contributed by atoms with van der Waals surface area (Å²) >= 11 is 0. The summed E-state index contributed by atoms with van der Waals surface area (Å²) < 4.78 is 95.2. The summed E-state index contributed by atoms with van der Waals surface area (Å²) in [6.07, 6.45) is -7.56. The number of aryl methyl sites for hydroxylation is 2. The quantitative estimate of drug-likeness (QED) is 0.191. The van der Waals surface area contributed by atoms with E-state index in [0.29, 0.717) is 51.6 Å². The number of hydrogen-bond acceptors (Lipinski definition) is 4. The molecule has 0 aliphatic rings. The number of anilines is 2. The molecule has 0 spiro atoms. The van der Waals surface area contributed by atoms with Crippen molar-refractivity contribution in [1.82, 2.24) is 24.5 Å². The lowest BCUT2D eigenvalue weighted by atomic mass is 10.1. The summed E-state index contributed by atoms with van der Waals surface area (Å²) in [4.78, 5) is 16.5. The SMILES string of the molecule is Cc1[nH]c(-c2cc(-c3ccc4c(c3)nc(Nc3cc(C(F)(F)F)ccc3F)n4C)ccn2)nc1-c1cccc(C(F)(F)F)c1. The molecule has 3 aromatic heterocycles. The van der Waals surface area contributed by atoms with E-state index in [0.717, 1.165) is 29.3 Å². The maximum Gasteiger partial charge on any atom is 0.416 e. The zero-order valence-corrected chi connectivity index (χ0v) is 22.9. The van der Waals surface area contributed by atoms with E-state index >= 15 is 0 Å². The summed E-state index contributed by atoms with van der Waals surface area (Å²) in [6, 6.07) is 15.9. The number of aromatic amines is 1. The van der Waals surface area contributed by atoms with Gasteiger partial charge in [-0.2, -0.15) is 26.3 Å². The first-order valence-electron chi connectivity index (χ1n) is 13.1. The molecule has 6 aromatic rings. The molecular formula is C31H21F7N6. The van der Waals surface area contributed by atoms with Crippen molar-refractivity contribution >= 4 is 22.7 Å². The molecule has 0 aliphatic carbocycles. The highest BCUT2D eigenvalue weighted by Crippen LogP contribution is 2.35. The van der Waals surface area contributed by atoms with Crippen molar-refractivity contribution in [2.45, 2.75) is 19.3 Å². The van der Waals surface area contributed by atoms with Gasteiger partial charge in [0.05, 0.1) is 33.5 Å². The molecule has 6 rings (SSSR count). The van der Waals surface area contributed by atoms with Gasteiger partial charge >= 0.3 is 12.4 Å². The molecule has 0 saturated heterocycles. The minimum atomic E-state index is -4.64. The van der Waals surface area contributed by atoms with Gasteiger partial charge in [-0.3, -0.25) is 4.98 Å². The largest absolute Gasteiger partial charge is 0.416 e. The third-order valence-electron chi connectivity index (χ3n) is 7.10. The second-order valence-electron chi connectivity index (χ2n) is 10.1. The molecule has 13 heteroatoms. The van der Waals surface area contributed by atoms with Crippen molar-refractivity contribution in [3.05, 3.63) is 102 Å². The predicted octanol–water partition coefficient (Wildman–Crippen LogP) is 8.92. The predicted molar refractivity (Wildman–Crippen MR) is 151 cm³/mol. The van der Waals surface area contributed by atoms with E-state index in [1.807, 2.05) is 6.07 Å². The summed E-state index contributed by atoms with van der Waals surface area (Å²) in [5.41, 5.74) is 2.17. The van der Waals surface area contributed by atoms with Crippen molar-refractivity contribution in [1.29, 1.82) is 0 Å². The van der Waals surface area contributed by atoms with Gasteiger partial charge in [-0.15, -0.1) is 0 Å². The highest BCUT2D eigenvalue weighted by Gasteiger charge is 2.32. The van der Waals surface area contributed by atoms with E-state index < -0.39 is 29.3 Å². The highest BCUT2D eigenvalue weighted by molar-refractivity contribution is 5.85. The van der Waals surface area contributed by atoms with Crippen molar-refractivity contribution < 1.29 is 30.7 Å². The fraction of sp³-hybridized carbons (Fsp3) is 0.129. The molecule has 0 radical (unpaired) electrons. The Balaban J connectivity index is 1.31. The number of pyridine rings is 1. The average Bonchev–Trinajstić information content (AvgIpc) is 3.52. The van der Waals surface area contributed by atoms with Gasteiger partial charge in [-0.1, -0.05) is 18.2 Å². The standard InChI is InChI=1S/C31H21F7N6/c1-16-27(19-4-3-5-20(12-19)30(33,34)35)43-28(40-16)25-14-18(10-11-39-25)17-6-9-26-24(13-17)42-29(44(26)2)41-23-15-21(31(36,37)38)7-8-22(23)32/h3-15H,1-2H3,(H,40,43)(H,41,42). The fourth-order valence-corrected chi connectivity index (χ4v) is 4.85. The van der Waals surface area contributed by atoms with Crippen molar-refractivity contribution in [3.8, 4) is 33.9 Å². The maximum atomic E-state index is 14.4. The molecule has 6 nitrogen and oxygen atoms in total. The number of halogens is 7. The van der Waals surface area contributed by atoms with Gasteiger partial charge < -0.3 is 14.9 Å². The van der Waals surface area contributed by atoms with Crippen LogP contribution in [0.3, 0.4) is 0 Å². The number of nitrogens with one attached hydrogen (secondary N) is 2. The number of hydrogen-bond donors (Lipinski definition) is 2. The van der Waals surface area contributed by atoms with Crippen LogP contribution in [0.1, 0.15) is 16.8 Å². The smallest absolute Gasteiger partial charge is 0.340 e. The molecule has 0 unspecified atom stereocenters. The van der Waals surface area contributed by atoms with E-state index in [1.165, 1.54) is 6.07 Å². The van der Waals surface area contributed by atoms with Gasteiger partial charge in [0.15, 0.2) is 5.82 Å². The molecule has 0 fully saturated rings. The number of benzene rings is 3. The Morgan fingerprint density at radius 2 is 1.50 bits per heavy atom. The van der Waals surface area contributed by atoms with E-state index in [-0.39, 0.29) is 11.6 Å². The van der Waals surface area contributed by atoms with Crippen LogP contribution < -0.4 is 5.32 Å². The molecule has 3 aromatic carbocycles. The molecule has 44 heavy (non-hydrogen) atoms. The molecule has 3 heterocycles. The molecule has 224 valence electrons. The molecule has 0 amide bonds. The first-order valence-corrected chi connectivity index (χ1v) is 13.1. The Bertz CT molecular complexity index is 2020. The molecule has 2 N–H and O–H groups in total. The number of imidazole rings is 2. The van der Waals surface area contributed by atoms with Gasteiger partial charge in [-0.05, 0) is 72.6 Å². The average molecular weight is 611 g/mol. The Morgan fingerprint density at radius 1 is 0.773 bits per heavy atom. The van der Waals surface area contributed by atoms with Crippen LogP contribution in [0, 0.1) is 12.7 Å². The second-order valence-corrected chi connectivity index (χ2v) is 10.1. The minimum absolute atomic E-state index is 0.138. The zero-order chi connectivity index (χ0) is 31.4. The molecule has 0 saturated carbocycles. The molecular weight excluding hydrogens is 589 g/mol. The lowest BCUT2D eigenvalue weighted by Crippen LogP contribution is -2.07. The number of nitrogens with zero attached hydrogens (tertiary/aromatic N) is 4. The summed E-state index contributed by atoms with van der Waals surface area (Å²) in [6.45, 7) is 1.71. The summed E-state index contributed by atoms with van der Waals surface area (Å²) in [5.74, 6) is -0.358. The van der Waals surface area contributed by atoms with Crippen LogP contribution in [0.2, 0.25) is 0 Å². The second kappa shape index (κ2) is 10.5. The third kappa shape index (κ3) is 5.48. The topological polar surface area (TPSA) is 71.4 Å². The van der Waals surface area contributed by atoms with Gasteiger partial charge in [0.25, 0.3) is 0 Å². The van der Waals surface area contributed by atoms with Crippen LogP contribution in [0.15, 0.2) is 79.0 Å². The summed E-state index contributed by atoms with van der Waals surface area (Å²) in [7, 11) is 1.65. The van der Waals surface area contributed by atoms with E-state index in [4.69, 9.17) is 0 Å². The fourth-order valence-electron chi connectivity index (χ4n) is 4.85. The molecule has 0 bridgehead atoms. The van der Waals surface area contributed by atoms with Gasteiger partial charge in [-0.25, -0.2) is 14.4 Å². The number of fused-ring (bicyclic) bond motifs is 1. The van der Waals surface area contributed by atoms with Crippen LogP contribution in [0.4, 0.5) is 42.4 Å². The summed E-state index contributed by atoms with van der Waals surface area (Å²) in [5, 5.41) is 2.66. The Labute approximate surface area is 245 Å². The van der Waals surface area contributed by atoms with Crippen molar-refractivity contribution in [3.63, 3.8) is 0 Å². The van der Waals surface area contributed by atoms with Crippen LogP contribution in [-0.4, -0.2) is 24.5 Å². The molecule has 0 atom stereocenters. The Morgan fingerprint density at radius 3 is 2.25 bits per heavy atom. The first-order chi connectivity index (χ1) is 20.8. The van der Waals surface area contributed by atoms with E-state index in [1.54, 1.807) is 55.1 Å². The van der Waals surface area contributed by atoms with Gasteiger partial charge in [0, 0.05) is 24.5 Å². The number of alkyl halides is 6. The van der Waals surface area contributed by atoms with Gasteiger partial charge in [0.1, 0.15) is 11.5 Å². The lowest BCUT2D eigenvalue weighted by molar-refractivity contribution is -0.138. The highest BCUT2D eigenvalue weighted by atomic mass is 19.4. The number of H-pyrrole nitrogens is 1. The number of aromatic nitrogens is 5. The van der Waals surface area contributed by atoms with Crippen LogP contribution in [0.5, 0.6) is 0 Å². The lowest BCUT2D eigenvalue weighted by Gasteiger charge is -2.11. The van der Waals surface area contributed by atoms with Gasteiger partial charge in [0.2, 0.25) is 5.95 Å². The van der Waals surface area contributed by atoms with E-state index in [2.05, 4.69) is 25.3 Å². The monoisotopic (exact) mass is 610 g/mol. The zero-order valence-electron chi connectivity index (χ0n) is 22.9.